The van der Waals surface area contributed by atoms with Crippen LogP contribution in [0.15, 0.2) is 29.6 Å². The molecule has 4 aliphatic rings. The van der Waals surface area contributed by atoms with Crippen molar-refractivity contribution in [3.63, 3.8) is 0 Å². The number of aliphatic hydroxyl groups excluding tert-OH is 1. The molecule has 1 N–H and O–H groups in total. The van der Waals surface area contributed by atoms with Crippen LogP contribution in [0.1, 0.15) is 71.3 Å². The molecule has 0 aromatic carbocycles. The summed E-state index contributed by atoms with van der Waals surface area (Å²) in [6.07, 6.45) is 15.3. The van der Waals surface area contributed by atoms with Crippen molar-refractivity contribution in [1.82, 2.24) is 9.78 Å². The van der Waals surface area contributed by atoms with Crippen LogP contribution in [0.3, 0.4) is 0 Å². The molecule has 0 unspecified atom stereocenters. The number of carbonyl (C=O) groups is 1. The van der Waals surface area contributed by atoms with E-state index in [1.54, 1.807) is 0 Å². The van der Waals surface area contributed by atoms with Gasteiger partial charge in [0.1, 0.15) is 0 Å². The Morgan fingerprint density at radius 3 is 2.76 bits per heavy atom. The average molecular weight is 395 g/mol. The molecule has 1 aromatic rings. The van der Waals surface area contributed by atoms with Crippen molar-refractivity contribution in [3.05, 3.63) is 35.2 Å². The number of Topliss-reactive ketones (excluding diaryl/α,β-unsaturated/α-hetero) is 1. The summed E-state index contributed by atoms with van der Waals surface area (Å²) in [6, 6.07) is 0. The number of carbonyl (C=O) groups excluding carboxylic acids is 1. The second-order valence-electron chi connectivity index (χ2n) is 10.4. The van der Waals surface area contributed by atoms with Gasteiger partial charge in [-0.3, -0.25) is 9.48 Å². The van der Waals surface area contributed by atoms with E-state index >= 15 is 0 Å². The van der Waals surface area contributed by atoms with Crippen molar-refractivity contribution in [2.24, 2.45) is 28.6 Å². The van der Waals surface area contributed by atoms with Gasteiger partial charge in [0.25, 0.3) is 0 Å². The first-order valence-corrected chi connectivity index (χ1v) is 11.5. The van der Waals surface area contributed by atoms with Gasteiger partial charge in [-0.2, -0.15) is 5.10 Å². The number of ketones is 1. The Morgan fingerprint density at radius 2 is 2.00 bits per heavy atom. The molecule has 0 bridgehead atoms. The smallest absolute Gasteiger partial charge is 0.165 e. The van der Waals surface area contributed by atoms with Crippen LogP contribution < -0.4 is 0 Å². The Balaban J connectivity index is 1.46. The van der Waals surface area contributed by atoms with Crippen LogP contribution in [-0.4, -0.2) is 26.8 Å². The molecule has 0 aliphatic heterocycles. The highest BCUT2D eigenvalue weighted by Gasteiger charge is 2.59. The Labute approximate surface area is 174 Å². The van der Waals surface area contributed by atoms with E-state index in [4.69, 9.17) is 0 Å². The average Bonchev–Trinajstić information content (AvgIpc) is 3.26. The maximum absolute atomic E-state index is 13.5. The first-order chi connectivity index (χ1) is 13.8. The van der Waals surface area contributed by atoms with Crippen LogP contribution >= 0.6 is 0 Å². The molecule has 3 fully saturated rings. The Kier molecular flexibility index (Phi) is 4.43. The summed E-state index contributed by atoms with van der Waals surface area (Å²) >= 11 is 0. The number of fused-ring (bicyclic) bond motifs is 5. The van der Waals surface area contributed by atoms with Crippen LogP contribution in [0.2, 0.25) is 0 Å². The third-order valence-electron chi connectivity index (χ3n) is 9.04. The minimum Gasteiger partial charge on any atom is -0.393 e. The molecule has 6 atom stereocenters. The lowest BCUT2D eigenvalue weighted by atomic mass is 9.48. The van der Waals surface area contributed by atoms with Gasteiger partial charge >= 0.3 is 0 Å². The fraction of sp³-hybridized carbons (Fsp3) is 0.680. The molecule has 4 nitrogen and oxygen atoms in total. The summed E-state index contributed by atoms with van der Waals surface area (Å²) < 4.78 is 1.92. The number of hydrogen-bond acceptors (Lipinski definition) is 3. The molecule has 5 rings (SSSR count). The minimum atomic E-state index is -0.205. The summed E-state index contributed by atoms with van der Waals surface area (Å²) in [7, 11) is 0. The predicted octanol–water partition coefficient (Wildman–Crippen LogP) is 4.79. The fourth-order valence-corrected chi connectivity index (χ4v) is 7.27. The van der Waals surface area contributed by atoms with E-state index < -0.39 is 0 Å². The van der Waals surface area contributed by atoms with Crippen LogP contribution in [0.25, 0.3) is 6.08 Å². The van der Waals surface area contributed by atoms with E-state index in [1.165, 1.54) is 5.57 Å². The van der Waals surface area contributed by atoms with Crippen molar-refractivity contribution >= 4 is 11.9 Å². The van der Waals surface area contributed by atoms with Crippen molar-refractivity contribution in [3.8, 4) is 0 Å². The molecule has 0 saturated heterocycles. The number of aryl methyl sites for hydroxylation is 1. The van der Waals surface area contributed by atoms with E-state index in [1.807, 2.05) is 17.1 Å². The summed E-state index contributed by atoms with van der Waals surface area (Å²) in [4.78, 5) is 13.5. The molecule has 0 radical (unpaired) electrons. The maximum Gasteiger partial charge on any atom is 0.165 e. The van der Waals surface area contributed by atoms with Gasteiger partial charge in [-0.05, 0) is 86.7 Å². The van der Waals surface area contributed by atoms with Crippen LogP contribution in [-0.2, 0) is 11.3 Å². The van der Waals surface area contributed by atoms with Crippen LogP contribution in [0.4, 0.5) is 0 Å². The van der Waals surface area contributed by atoms with E-state index in [0.29, 0.717) is 23.5 Å². The quantitative estimate of drug-likeness (QED) is 0.580. The number of hydrogen-bond donors (Lipinski definition) is 1. The highest BCUT2D eigenvalue weighted by atomic mass is 16.3. The summed E-state index contributed by atoms with van der Waals surface area (Å²) in [5, 5.41) is 14.5. The van der Waals surface area contributed by atoms with Crippen LogP contribution in [0, 0.1) is 28.6 Å². The van der Waals surface area contributed by atoms with Crippen molar-refractivity contribution in [1.29, 1.82) is 0 Å². The van der Waals surface area contributed by atoms with Gasteiger partial charge in [-0.25, -0.2) is 0 Å². The van der Waals surface area contributed by atoms with Gasteiger partial charge in [-0.15, -0.1) is 0 Å². The fourth-order valence-electron chi connectivity index (χ4n) is 7.27. The number of allylic oxidation sites excluding steroid dienone is 2. The van der Waals surface area contributed by atoms with Gasteiger partial charge in [0.15, 0.2) is 5.78 Å². The van der Waals surface area contributed by atoms with E-state index in [0.717, 1.165) is 62.6 Å². The number of nitrogens with zero attached hydrogens (tertiary/aromatic N) is 2. The predicted molar refractivity (Wildman–Crippen MR) is 114 cm³/mol. The Hall–Kier alpha value is -1.68. The van der Waals surface area contributed by atoms with Gasteiger partial charge in [0.05, 0.1) is 12.3 Å². The zero-order chi connectivity index (χ0) is 20.4. The molecule has 29 heavy (non-hydrogen) atoms. The maximum atomic E-state index is 13.5. The first kappa shape index (κ1) is 19.3. The zero-order valence-corrected chi connectivity index (χ0v) is 18.0. The normalized spacial score (nSPS) is 43.0. The molecule has 0 spiro atoms. The number of aliphatic hydroxyl groups is 1. The first-order valence-electron chi connectivity index (χ1n) is 11.5. The number of aromatic nitrogens is 2. The van der Waals surface area contributed by atoms with E-state index in [2.05, 4.69) is 38.0 Å². The lowest BCUT2D eigenvalue weighted by Gasteiger charge is -2.56. The third-order valence-corrected chi connectivity index (χ3v) is 9.04. The second kappa shape index (κ2) is 6.66. The molecule has 3 saturated carbocycles. The molecular weight excluding hydrogens is 360 g/mol. The molecule has 0 amide bonds. The molecule has 156 valence electrons. The second-order valence-corrected chi connectivity index (χ2v) is 10.4. The number of rotatable bonds is 2. The highest BCUT2D eigenvalue weighted by Crippen LogP contribution is 2.64. The van der Waals surface area contributed by atoms with E-state index in [9.17, 15) is 9.90 Å². The van der Waals surface area contributed by atoms with Gasteiger partial charge < -0.3 is 5.11 Å². The van der Waals surface area contributed by atoms with Crippen LogP contribution in [0.5, 0.6) is 0 Å². The minimum absolute atomic E-state index is 0.161. The van der Waals surface area contributed by atoms with Crippen molar-refractivity contribution in [2.45, 2.75) is 78.4 Å². The van der Waals surface area contributed by atoms with Gasteiger partial charge in [-0.1, -0.05) is 25.5 Å². The molecule has 4 heteroatoms. The highest BCUT2D eigenvalue weighted by molar-refractivity contribution is 6.05. The van der Waals surface area contributed by atoms with Crippen molar-refractivity contribution in [2.75, 3.05) is 0 Å². The molecule has 1 aromatic heterocycles. The molecule has 4 aliphatic carbocycles. The Bertz CT molecular complexity index is 896. The third kappa shape index (κ3) is 2.82. The largest absolute Gasteiger partial charge is 0.393 e. The van der Waals surface area contributed by atoms with Gasteiger partial charge in [0, 0.05) is 23.7 Å². The Morgan fingerprint density at radius 1 is 1.21 bits per heavy atom. The summed E-state index contributed by atoms with van der Waals surface area (Å²) in [6.45, 7) is 7.61. The standard InChI is InChI=1S/C25H34N2O2/c1-4-27-15-16(14-26-27)11-17-12-22-20-6-5-18-13-19(28)7-9-24(18,2)21(20)8-10-25(22,3)23(17)29/h5,11,14-15,19-22,28H,4,6-10,12-13H2,1-3H3/b17-11+/t19-,20-,21+,22+,24-,25-/m0/s1. The molecule has 1 heterocycles. The summed E-state index contributed by atoms with van der Waals surface area (Å²) in [5.41, 5.74) is 3.57. The van der Waals surface area contributed by atoms with Gasteiger partial charge in [0.2, 0.25) is 0 Å². The van der Waals surface area contributed by atoms with E-state index in [-0.39, 0.29) is 16.9 Å². The molecular formula is C25H34N2O2. The zero-order valence-electron chi connectivity index (χ0n) is 18.0. The summed E-state index contributed by atoms with van der Waals surface area (Å²) in [5.74, 6) is 2.07. The topological polar surface area (TPSA) is 55.1 Å². The lowest BCUT2D eigenvalue weighted by Crippen LogP contribution is -2.50. The lowest BCUT2D eigenvalue weighted by molar-refractivity contribution is -0.130. The monoisotopic (exact) mass is 394 g/mol. The SMILES string of the molecule is CCn1cc(/C=C2\C[C@@H]3[C@H]4CC=C5C[C@@H](O)CC[C@]5(C)[C@@H]4CC[C@]3(C)C2=O)cn1. The van der Waals surface area contributed by atoms with Crippen molar-refractivity contribution < 1.29 is 9.90 Å².